The molecule has 3 atom stereocenters. The van der Waals surface area contributed by atoms with Gasteiger partial charge in [-0.1, -0.05) is 34.1 Å². The van der Waals surface area contributed by atoms with Crippen LogP contribution in [-0.4, -0.2) is 48.0 Å². The molecule has 1 saturated heterocycles. The van der Waals surface area contributed by atoms with Crippen LogP contribution in [0.15, 0.2) is 24.3 Å². The van der Waals surface area contributed by atoms with E-state index in [0.29, 0.717) is 19.8 Å². The number of morpholine rings is 1. The molecule has 0 aromatic heterocycles. The Morgan fingerprint density at radius 1 is 1.43 bits per heavy atom. The highest BCUT2D eigenvalue weighted by Gasteiger charge is 2.36. The van der Waals surface area contributed by atoms with E-state index >= 15 is 0 Å². The number of alkyl halides is 1. The van der Waals surface area contributed by atoms with E-state index < -0.39 is 0 Å². The third-order valence-electron chi connectivity index (χ3n) is 4.22. The van der Waals surface area contributed by atoms with Gasteiger partial charge in [-0.05, 0) is 19.4 Å². The van der Waals surface area contributed by atoms with E-state index in [1.807, 2.05) is 36.1 Å². The standard InChI is InChI=1S/C16H20BrNO3/c1-11-10-21-12(8-17)9-18(11)16(19)14-6-7-20-15-5-3-2-4-13(14)15/h2-5,11-12,14H,6-10H2,1H3. The number of carbonyl (C=O) groups is 1. The predicted octanol–water partition coefficient (Wildman–Crippen LogP) is 2.56. The number of hydrogen-bond acceptors (Lipinski definition) is 3. The summed E-state index contributed by atoms with van der Waals surface area (Å²) in [6, 6.07) is 7.99. The minimum Gasteiger partial charge on any atom is -0.493 e. The summed E-state index contributed by atoms with van der Waals surface area (Å²) in [5.41, 5.74) is 1.02. The van der Waals surface area contributed by atoms with Crippen molar-refractivity contribution in [3.8, 4) is 5.75 Å². The van der Waals surface area contributed by atoms with Crippen LogP contribution in [0.5, 0.6) is 5.75 Å². The Morgan fingerprint density at radius 3 is 3.05 bits per heavy atom. The number of hydrogen-bond donors (Lipinski definition) is 0. The first-order valence-electron chi connectivity index (χ1n) is 7.40. The molecular weight excluding hydrogens is 334 g/mol. The number of nitrogens with zero attached hydrogens (tertiary/aromatic N) is 1. The van der Waals surface area contributed by atoms with Crippen LogP contribution < -0.4 is 4.74 Å². The van der Waals surface area contributed by atoms with Gasteiger partial charge in [0.2, 0.25) is 5.91 Å². The van der Waals surface area contributed by atoms with E-state index in [9.17, 15) is 4.79 Å². The highest BCUT2D eigenvalue weighted by molar-refractivity contribution is 9.09. The summed E-state index contributed by atoms with van der Waals surface area (Å²) in [5, 5.41) is 0.758. The van der Waals surface area contributed by atoms with Gasteiger partial charge in [0.05, 0.1) is 31.3 Å². The first-order valence-corrected chi connectivity index (χ1v) is 8.52. The SMILES string of the molecule is CC1COC(CBr)CN1C(=O)C1CCOc2ccccc21. The topological polar surface area (TPSA) is 38.8 Å². The Hall–Kier alpha value is -1.07. The largest absolute Gasteiger partial charge is 0.493 e. The first kappa shape index (κ1) is 14.9. The average Bonchev–Trinajstić information content (AvgIpc) is 2.54. The average molecular weight is 354 g/mol. The lowest BCUT2D eigenvalue weighted by Crippen LogP contribution is -2.53. The van der Waals surface area contributed by atoms with Crippen molar-refractivity contribution in [1.82, 2.24) is 4.90 Å². The molecule has 2 aliphatic heterocycles. The highest BCUT2D eigenvalue weighted by atomic mass is 79.9. The van der Waals surface area contributed by atoms with E-state index in [-0.39, 0.29) is 24.0 Å². The molecule has 0 N–H and O–H groups in total. The van der Waals surface area contributed by atoms with Crippen molar-refractivity contribution >= 4 is 21.8 Å². The second-order valence-electron chi connectivity index (χ2n) is 5.68. The summed E-state index contributed by atoms with van der Waals surface area (Å²) in [4.78, 5) is 15.0. The molecular formula is C16H20BrNO3. The van der Waals surface area contributed by atoms with Gasteiger partial charge in [0.15, 0.2) is 0 Å². The van der Waals surface area contributed by atoms with Crippen molar-refractivity contribution in [3.63, 3.8) is 0 Å². The van der Waals surface area contributed by atoms with Gasteiger partial charge in [0, 0.05) is 17.4 Å². The zero-order valence-corrected chi connectivity index (χ0v) is 13.7. The van der Waals surface area contributed by atoms with Crippen molar-refractivity contribution < 1.29 is 14.3 Å². The van der Waals surface area contributed by atoms with Crippen molar-refractivity contribution in [1.29, 1.82) is 0 Å². The van der Waals surface area contributed by atoms with Crippen LogP contribution in [0.1, 0.15) is 24.8 Å². The van der Waals surface area contributed by atoms with Gasteiger partial charge in [-0.15, -0.1) is 0 Å². The van der Waals surface area contributed by atoms with Crippen LogP contribution in [0, 0.1) is 0 Å². The lowest BCUT2D eigenvalue weighted by Gasteiger charge is -2.40. The van der Waals surface area contributed by atoms with Gasteiger partial charge in [0.1, 0.15) is 5.75 Å². The van der Waals surface area contributed by atoms with Gasteiger partial charge in [-0.2, -0.15) is 0 Å². The maximum atomic E-state index is 13.0. The summed E-state index contributed by atoms with van der Waals surface area (Å²) >= 11 is 3.45. The maximum absolute atomic E-state index is 13.0. The lowest BCUT2D eigenvalue weighted by atomic mass is 9.91. The van der Waals surface area contributed by atoms with Crippen LogP contribution in [-0.2, 0) is 9.53 Å². The molecule has 2 heterocycles. The number of para-hydroxylation sites is 1. The number of halogens is 1. The summed E-state index contributed by atoms with van der Waals surface area (Å²) < 4.78 is 11.4. The fourth-order valence-electron chi connectivity index (χ4n) is 3.02. The molecule has 4 nitrogen and oxygen atoms in total. The maximum Gasteiger partial charge on any atom is 0.230 e. The molecule has 0 spiro atoms. The van der Waals surface area contributed by atoms with Gasteiger partial charge in [-0.3, -0.25) is 4.79 Å². The van der Waals surface area contributed by atoms with Gasteiger partial charge in [0.25, 0.3) is 0 Å². The van der Waals surface area contributed by atoms with Crippen LogP contribution in [0.2, 0.25) is 0 Å². The molecule has 3 unspecified atom stereocenters. The Kier molecular flexibility index (Phi) is 4.50. The second kappa shape index (κ2) is 6.36. The first-order chi connectivity index (χ1) is 10.2. The van der Waals surface area contributed by atoms with Crippen LogP contribution in [0.25, 0.3) is 0 Å². The zero-order valence-electron chi connectivity index (χ0n) is 12.1. The summed E-state index contributed by atoms with van der Waals surface area (Å²) in [5.74, 6) is 0.957. The molecule has 1 aromatic rings. The number of rotatable bonds is 2. The highest BCUT2D eigenvalue weighted by Crippen LogP contribution is 2.35. The number of benzene rings is 1. The molecule has 5 heteroatoms. The van der Waals surface area contributed by atoms with Crippen molar-refractivity contribution in [2.24, 2.45) is 0 Å². The molecule has 21 heavy (non-hydrogen) atoms. The van der Waals surface area contributed by atoms with Gasteiger partial charge < -0.3 is 14.4 Å². The molecule has 1 fully saturated rings. The van der Waals surface area contributed by atoms with E-state index in [4.69, 9.17) is 9.47 Å². The number of fused-ring (bicyclic) bond motifs is 1. The monoisotopic (exact) mass is 353 g/mol. The normalized spacial score (nSPS) is 28.7. The third kappa shape index (κ3) is 2.94. The molecule has 1 amide bonds. The molecule has 0 radical (unpaired) electrons. The molecule has 114 valence electrons. The van der Waals surface area contributed by atoms with Crippen molar-refractivity contribution in [2.45, 2.75) is 31.4 Å². The fraction of sp³-hybridized carbons (Fsp3) is 0.562. The summed E-state index contributed by atoms with van der Waals surface area (Å²) in [7, 11) is 0. The molecule has 0 saturated carbocycles. The number of amides is 1. The van der Waals surface area contributed by atoms with Crippen LogP contribution >= 0.6 is 15.9 Å². The molecule has 0 bridgehead atoms. The van der Waals surface area contributed by atoms with Gasteiger partial charge >= 0.3 is 0 Å². The Labute approximate surface area is 133 Å². The molecule has 3 rings (SSSR count). The van der Waals surface area contributed by atoms with E-state index in [1.54, 1.807) is 0 Å². The molecule has 2 aliphatic rings. The fourth-order valence-corrected chi connectivity index (χ4v) is 3.41. The zero-order chi connectivity index (χ0) is 14.8. The number of carbonyl (C=O) groups excluding carboxylic acids is 1. The quantitative estimate of drug-likeness (QED) is 0.767. The Bertz CT molecular complexity index is 522. The lowest BCUT2D eigenvalue weighted by molar-refractivity contribution is -0.145. The smallest absolute Gasteiger partial charge is 0.230 e. The van der Waals surface area contributed by atoms with E-state index in [2.05, 4.69) is 15.9 Å². The third-order valence-corrected chi connectivity index (χ3v) is 4.94. The van der Waals surface area contributed by atoms with Crippen LogP contribution in [0.3, 0.4) is 0 Å². The minimum atomic E-state index is -0.0912. The van der Waals surface area contributed by atoms with Crippen molar-refractivity contribution in [3.05, 3.63) is 29.8 Å². The predicted molar refractivity (Wildman–Crippen MR) is 84.0 cm³/mol. The van der Waals surface area contributed by atoms with E-state index in [1.165, 1.54) is 0 Å². The Balaban J connectivity index is 1.82. The van der Waals surface area contributed by atoms with Crippen molar-refractivity contribution in [2.75, 3.05) is 25.1 Å². The second-order valence-corrected chi connectivity index (χ2v) is 6.32. The van der Waals surface area contributed by atoms with E-state index in [0.717, 1.165) is 23.1 Å². The van der Waals surface area contributed by atoms with Gasteiger partial charge in [-0.25, -0.2) is 0 Å². The molecule has 1 aromatic carbocycles. The molecule has 0 aliphatic carbocycles. The van der Waals surface area contributed by atoms with Crippen LogP contribution in [0.4, 0.5) is 0 Å². The Morgan fingerprint density at radius 2 is 2.24 bits per heavy atom. The summed E-state index contributed by atoms with van der Waals surface area (Å²) in [6.07, 6.45) is 0.832. The number of ether oxygens (including phenoxy) is 2. The summed E-state index contributed by atoms with van der Waals surface area (Å²) in [6.45, 7) is 3.92. The minimum absolute atomic E-state index is 0.0836.